The molecule has 0 saturated carbocycles. The van der Waals surface area contributed by atoms with Crippen LogP contribution in [0.25, 0.3) is 0 Å². The third-order valence-electron chi connectivity index (χ3n) is 11.3. The minimum atomic E-state index is -0.495. The molecule has 2 aliphatic rings. The molecule has 2 heterocycles. The number of anilines is 8. The number of hydrogen-bond acceptors (Lipinski definition) is 4. The van der Waals surface area contributed by atoms with Crippen LogP contribution in [0.2, 0.25) is 0 Å². The number of hydrogen-bond donors (Lipinski definition) is 0. The minimum Gasteiger partial charge on any atom is -0.288 e. The molecule has 296 valence electrons. The van der Waals surface area contributed by atoms with Crippen LogP contribution in [0.15, 0.2) is 133 Å². The van der Waals surface area contributed by atoms with Crippen LogP contribution < -0.4 is 19.6 Å². The first-order valence-electron chi connectivity index (χ1n) is 20.1. The Hall–Kier alpha value is -6.02. The SMILES string of the molecule is CC(C)c1ccc(N2C(=C3N(c4ccc(C(C)C)cc4F)c4ccccc4N3c3ccc(C(C)C)cc3F)N(c3ccc(C(C)C)cc3F)c3ccccc32)c(F)c1. The zero-order valence-electron chi connectivity index (χ0n) is 34.2. The van der Waals surface area contributed by atoms with E-state index in [4.69, 9.17) is 0 Å². The summed E-state index contributed by atoms with van der Waals surface area (Å²) in [5.41, 5.74) is 6.30. The predicted molar refractivity (Wildman–Crippen MR) is 230 cm³/mol. The van der Waals surface area contributed by atoms with Gasteiger partial charge in [0.1, 0.15) is 23.3 Å². The third kappa shape index (κ3) is 6.48. The van der Waals surface area contributed by atoms with Crippen molar-refractivity contribution in [2.75, 3.05) is 19.6 Å². The lowest BCUT2D eigenvalue weighted by Crippen LogP contribution is -2.34. The summed E-state index contributed by atoms with van der Waals surface area (Å²) in [5.74, 6) is -1.19. The zero-order valence-corrected chi connectivity index (χ0v) is 34.2. The van der Waals surface area contributed by atoms with Crippen molar-refractivity contribution in [1.82, 2.24) is 0 Å². The fourth-order valence-corrected chi connectivity index (χ4v) is 7.97. The number of nitrogens with zero attached hydrogens (tertiary/aromatic N) is 4. The predicted octanol–water partition coefficient (Wildman–Crippen LogP) is 15.1. The van der Waals surface area contributed by atoms with Crippen LogP contribution in [0.3, 0.4) is 0 Å². The molecule has 0 saturated heterocycles. The average Bonchev–Trinajstić information content (AvgIpc) is 3.70. The Morgan fingerprint density at radius 1 is 0.293 bits per heavy atom. The molecule has 0 N–H and O–H groups in total. The lowest BCUT2D eigenvalue weighted by atomic mass is 10.0. The van der Waals surface area contributed by atoms with Gasteiger partial charge in [-0.3, -0.25) is 19.6 Å². The molecule has 0 aromatic heterocycles. The molecule has 0 spiro atoms. The number of para-hydroxylation sites is 4. The van der Waals surface area contributed by atoms with Gasteiger partial charge in [-0.05, 0) is 119 Å². The molecular formula is C50H48F4N4. The molecule has 0 radical (unpaired) electrons. The zero-order chi connectivity index (χ0) is 41.2. The third-order valence-corrected chi connectivity index (χ3v) is 11.3. The molecule has 8 heteroatoms. The summed E-state index contributed by atoms with van der Waals surface area (Å²) in [6.45, 7) is 16.0. The maximum atomic E-state index is 16.9. The van der Waals surface area contributed by atoms with E-state index in [-0.39, 0.29) is 58.1 Å². The molecule has 0 amide bonds. The average molecular weight is 781 g/mol. The van der Waals surface area contributed by atoms with Crippen LogP contribution in [0.5, 0.6) is 0 Å². The molecule has 58 heavy (non-hydrogen) atoms. The van der Waals surface area contributed by atoms with E-state index in [9.17, 15) is 0 Å². The van der Waals surface area contributed by atoms with Crippen molar-refractivity contribution in [3.05, 3.63) is 178 Å². The van der Waals surface area contributed by atoms with E-state index in [1.54, 1.807) is 43.9 Å². The van der Waals surface area contributed by atoms with Gasteiger partial charge >= 0.3 is 0 Å². The Kier molecular flexibility index (Phi) is 10.1. The topological polar surface area (TPSA) is 13.0 Å². The van der Waals surface area contributed by atoms with Gasteiger partial charge in [0.05, 0.1) is 45.5 Å². The van der Waals surface area contributed by atoms with E-state index in [2.05, 4.69) is 0 Å². The highest BCUT2D eigenvalue weighted by molar-refractivity contribution is 6.00. The molecule has 4 nitrogen and oxygen atoms in total. The fraction of sp³-hybridized carbons (Fsp3) is 0.240. The number of rotatable bonds is 8. The molecule has 0 atom stereocenters. The van der Waals surface area contributed by atoms with Crippen LogP contribution in [-0.2, 0) is 0 Å². The van der Waals surface area contributed by atoms with Crippen LogP contribution >= 0.6 is 0 Å². The molecular weight excluding hydrogens is 733 g/mol. The molecule has 0 unspecified atom stereocenters. The van der Waals surface area contributed by atoms with E-state index in [0.717, 1.165) is 22.3 Å². The first kappa shape index (κ1) is 38.8. The van der Waals surface area contributed by atoms with Crippen LogP contribution in [0.4, 0.5) is 63.1 Å². The molecule has 0 aliphatic carbocycles. The second-order valence-corrected chi connectivity index (χ2v) is 16.4. The molecule has 0 fully saturated rings. The Balaban J connectivity index is 1.55. The molecule has 6 aromatic rings. The van der Waals surface area contributed by atoms with Crippen molar-refractivity contribution in [1.29, 1.82) is 0 Å². The van der Waals surface area contributed by atoms with Gasteiger partial charge in [-0.25, -0.2) is 17.6 Å². The number of halogens is 4. The van der Waals surface area contributed by atoms with Gasteiger partial charge in [0.25, 0.3) is 0 Å². The summed E-state index contributed by atoms with van der Waals surface area (Å²) in [7, 11) is 0. The van der Waals surface area contributed by atoms with Crippen molar-refractivity contribution in [2.45, 2.75) is 79.1 Å². The smallest absolute Gasteiger partial charge is 0.166 e. The van der Waals surface area contributed by atoms with Crippen molar-refractivity contribution < 1.29 is 17.6 Å². The molecule has 8 rings (SSSR count). The highest BCUT2D eigenvalue weighted by Crippen LogP contribution is 2.58. The van der Waals surface area contributed by atoms with Crippen molar-refractivity contribution in [2.24, 2.45) is 0 Å². The van der Waals surface area contributed by atoms with E-state index in [1.807, 2.05) is 128 Å². The maximum absolute atomic E-state index is 16.9. The first-order valence-corrected chi connectivity index (χ1v) is 20.1. The Morgan fingerprint density at radius 3 is 0.672 bits per heavy atom. The Bertz CT molecular complexity index is 2220. The lowest BCUT2D eigenvalue weighted by molar-refractivity contribution is 0.617. The first-order chi connectivity index (χ1) is 27.8. The Morgan fingerprint density at radius 2 is 0.500 bits per heavy atom. The van der Waals surface area contributed by atoms with Crippen molar-refractivity contribution in [3.8, 4) is 0 Å². The lowest BCUT2D eigenvalue weighted by Gasteiger charge is -2.34. The van der Waals surface area contributed by atoms with Gasteiger partial charge in [0.2, 0.25) is 0 Å². The number of benzene rings is 6. The van der Waals surface area contributed by atoms with E-state index < -0.39 is 23.3 Å². The number of fused-ring (bicyclic) bond motifs is 2. The van der Waals surface area contributed by atoms with E-state index in [0.29, 0.717) is 22.7 Å². The van der Waals surface area contributed by atoms with Crippen LogP contribution in [0.1, 0.15) is 101 Å². The van der Waals surface area contributed by atoms with Crippen LogP contribution in [0, 0.1) is 23.3 Å². The highest BCUT2D eigenvalue weighted by atomic mass is 19.1. The molecule has 0 bridgehead atoms. The minimum absolute atomic E-state index is 0.0567. The summed E-state index contributed by atoms with van der Waals surface area (Å²) >= 11 is 0. The standard InChI is InChI=1S/C50H48F4N4/c1-29(2)33-17-21-41(37(51)25-33)55-45-13-9-10-14-46(45)56(42-22-18-34(30(3)4)26-38(42)52)49(55)50-57(43-23-19-35(31(5)6)27-39(43)53)47-15-11-12-16-48(47)58(50)44-24-20-36(32(7)8)28-40(44)54/h9-32H,1-8H3. The summed E-state index contributed by atoms with van der Waals surface area (Å²) < 4.78 is 67.7. The summed E-state index contributed by atoms with van der Waals surface area (Å²) in [5, 5.41) is 0. The van der Waals surface area contributed by atoms with Gasteiger partial charge in [0.15, 0.2) is 11.6 Å². The fourth-order valence-electron chi connectivity index (χ4n) is 7.97. The normalized spacial score (nSPS) is 13.9. The summed E-state index contributed by atoms with van der Waals surface area (Å²) in [4.78, 5) is 7.03. The quantitative estimate of drug-likeness (QED) is 0.143. The van der Waals surface area contributed by atoms with Gasteiger partial charge in [0, 0.05) is 0 Å². The summed E-state index contributed by atoms with van der Waals surface area (Å²) in [6.07, 6.45) is 0. The highest BCUT2D eigenvalue weighted by Gasteiger charge is 2.46. The van der Waals surface area contributed by atoms with Gasteiger partial charge < -0.3 is 0 Å². The van der Waals surface area contributed by atoms with E-state index >= 15 is 17.6 Å². The van der Waals surface area contributed by atoms with Crippen molar-refractivity contribution >= 4 is 45.5 Å². The van der Waals surface area contributed by atoms with E-state index in [1.165, 1.54) is 24.3 Å². The summed E-state index contributed by atoms with van der Waals surface area (Å²) in [6, 6.07) is 35.4. The van der Waals surface area contributed by atoms with Gasteiger partial charge in [-0.15, -0.1) is 0 Å². The van der Waals surface area contributed by atoms with Gasteiger partial charge in [-0.1, -0.05) is 104 Å². The second-order valence-electron chi connectivity index (χ2n) is 16.4. The van der Waals surface area contributed by atoms with Crippen LogP contribution in [-0.4, -0.2) is 0 Å². The van der Waals surface area contributed by atoms with Gasteiger partial charge in [-0.2, -0.15) is 0 Å². The second kappa shape index (κ2) is 15.1. The largest absolute Gasteiger partial charge is 0.288 e. The Labute approximate surface area is 339 Å². The molecule has 2 aliphatic heterocycles. The molecule has 6 aromatic carbocycles. The maximum Gasteiger partial charge on any atom is 0.166 e. The van der Waals surface area contributed by atoms with Crippen molar-refractivity contribution in [3.63, 3.8) is 0 Å². The monoisotopic (exact) mass is 780 g/mol.